The molecule has 0 atom stereocenters. The number of aromatic nitrogens is 2. The van der Waals surface area contributed by atoms with Crippen LogP contribution in [-0.4, -0.2) is 22.1 Å². The summed E-state index contributed by atoms with van der Waals surface area (Å²) in [6.45, 7) is 0. The molecule has 26 heavy (non-hydrogen) atoms. The maximum atomic E-state index is 12.7. The number of benzene rings is 1. The van der Waals surface area contributed by atoms with Crippen LogP contribution in [0.25, 0.3) is 0 Å². The van der Waals surface area contributed by atoms with E-state index >= 15 is 0 Å². The smallest absolute Gasteiger partial charge is 0.348 e. The van der Waals surface area contributed by atoms with Gasteiger partial charge in [0, 0.05) is 11.7 Å². The van der Waals surface area contributed by atoms with Gasteiger partial charge in [-0.15, -0.1) is 10.2 Å². The van der Waals surface area contributed by atoms with Crippen molar-refractivity contribution in [2.45, 2.75) is 44.3 Å². The molecular formula is C18H19F3N4O. The Bertz CT molecular complexity index is 756. The number of nitrogens with one attached hydrogen (secondary N) is 2. The van der Waals surface area contributed by atoms with Gasteiger partial charge in [-0.1, -0.05) is 25.3 Å². The molecule has 1 aromatic heterocycles. The van der Waals surface area contributed by atoms with Gasteiger partial charge in [0.25, 0.3) is 5.91 Å². The fourth-order valence-corrected chi connectivity index (χ4v) is 2.95. The van der Waals surface area contributed by atoms with E-state index in [0.717, 1.165) is 37.8 Å². The second-order valence-corrected chi connectivity index (χ2v) is 6.32. The lowest BCUT2D eigenvalue weighted by Crippen LogP contribution is -2.36. The average Bonchev–Trinajstić information content (AvgIpc) is 2.63. The van der Waals surface area contributed by atoms with Crippen molar-refractivity contribution >= 4 is 17.4 Å². The van der Waals surface area contributed by atoms with Crippen molar-refractivity contribution in [3.8, 4) is 0 Å². The summed E-state index contributed by atoms with van der Waals surface area (Å²) in [7, 11) is 0. The molecule has 0 bridgehead atoms. The molecule has 8 heteroatoms. The van der Waals surface area contributed by atoms with Crippen molar-refractivity contribution in [3.05, 3.63) is 47.7 Å². The minimum absolute atomic E-state index is 0.168. The van der Waals surface area contributed by atoms with Gasteiger partial charge in [-0.3, -0.25) is 4.79 Å². The molecule has 1 heterocycles. The molecule has 0 spiro atoms. The lowest BCUT2D eigenvalue weighted by Gasteiger charge is -2.22. The normalized spacial score (nSPS) is 15.5. The highest BCUT2D eigenvalue weighted by Crippen LogP contribution is 2.31. The first kappa shape index (κ1) is 18.2. The summed E-state index contributed by atoms with van der Waals surface area (Å²) in [5.41, 5.74) is -0.322. The van der Waals surface area contributed by atoms with Gasteiger partial charge in [0.15, 0.2) is 11.5 Å². The first-order chi connectivity index (χ1) is 12.4. The molecule has 2 N–H and O–H groups in total. The summed E-state index contributed by atoms with van der Waals surface area (Å²) in [5, 5.41) is 13.4. The van der Waals surface area contributed by atoms with Crippen LogP contribution in [0.4, 0.5) is 24.7 Å². The Morgan fingerprint density at radius 2 is 1.81 bits per heavy atom. The number of amides is 1. The van der Waals surface area contributed by atoms with Crippen LogP contribution in [0.2, 0.25) is 0 Å². The molecule has 0 saturated heterocycles. The van der Waals surface area contributed by atoms with E-state index in [1.54, 1.807) is 0 Å². The van der Waals surface area contributed by atoms with Gasteiger partial charge in [0.05, 0.1) is 5.56 Å². The van der Waals surface area contributed by atoms with E-state index in [-0.39, 0.29) is 29.1 Å². The monoisotopic (exact) mass is 364 g/mol. The second kappa shape index (κ2) is 7.72. The standard InChI is InChI=1S/C18H19F3N4O/c19-18(20,21)12-5-4-8-14(11-12)22-16-10-9-15(24-25-16)17(26)23-13-6-2-1-3-7-13/h4-5,8-11,13H,1-3,6-7H2,(H,22,25)(H,23,26). The highest BCUT2D eigenvalue weighted by atomic mass is 19.4. The van der Waals surface area contributed by atoms with Crippen molar-refractivity contribution < 1.29 is 18.0 Å². The molecule has 1 fully saturated rings. The number of rotatable bonds is 4. The molecule has 1 amide bonds. The third-order valence-electron chi connectivity index (χ3n) is 4.30. The maximum absolute atomic E-state index is 12.7. The maximum Gasteiger partial charge on any atom is 0.416 e. The van der Waals surface area contributed by atoms with Gasteiger partial charge in [0.1, 0.15) is 0 Å². The SMILES string of the molecule is O=C(NC1CCCCC1)c1ccc(Nc2cccc(C(F)(F)F)c2)nn1. The van der Waals surface area contributed by atoms with Crippen LogP contribution < -0.4 is 10.6 Å². The average molecular weight is 364 g/mol. The topological polar surface area (TPSA) is 66.9 Å². The van der Waals surface area contributed by atoms with Gasteiger partial charge in [-0.25, -0.2) is 0 Å². The third-order valence-corrected chi connectivity index (χ3v) is 4.30. The van der Waals surface area contributed by atoms with Gasteiger partial charge in [0.2, 0.25) is 0 Å². The molecule has 1 aliphatic rings. The van der Waals surface area contributed by atoms with Crippen LogP contribution in [-0.2, 0) is 6.18 Å². The van der Waals surface area contributed by atoms with Crippen LogP contribution in [0.1, 0.15) is 48.2 Å². The minimum atomic E-state index is -4.41. The zero-order valence-electron chi connectivity index (χ0n) is 14.0. The van der Waals surface area contributed by atoms with E-state index < -0.39 is 11.7 Å². The number of carbonyl (C=O) groups is 1. The summed E-state index contributed by atoms with van der Waals surface area (Å²) >= 11 is 0. The predicted molar refractivity (Wildman–Crippen MR) is 91.1 cm³/mol. The molecule has 1 aliphatic carbocycles. The first-order valence-electron chi connectivity index (χ1n) is 8.51. The molecule has 138 valence electrons. The largest absolute Gasteiger partial charge is 0.416 e. The molecule has 0 radical (unpaired) electrons. The summed E-state index contributed by atoms with van der Waals surface area (Å²) < 4.78 is 38.2. The number of anilines is 2. The number of hydrogen-bond donors (Lipinski definition) is 2. The number of halogens is 3. The fourth-order valence-electron chi connectivity index (χ4n) is 2.95. The highest BCUT2D eigenvalue weighted by molar-refractivity contribution is 5.92. The summed E-state index contributed by atoms with van der Waals surface area (Å²) in [5.74, 6) is -0.0199. The molecular weight excluding hydrogens is 345 g/mol. The summed E-state index contributed by atoms with van der Waals surface area (Å²) in [6.07, 6.45) is 0.933. The highest BCUT2D eigenvalue weighted by Gasteiger charge is 2.30. The van der Waals surface area contributed by atoms with Crippen molar-refractivity contribution in [1.29, 1.82) is 0 Å². The van der Waals surface area contributed by atoms with Crippen LogP contribution in [0.15, 0.2) is 36.4 Å². The fraction of sp³-hybridized carbons (Fsp3) is 0.389. The van der Waals surface area contributed by atoms with Crippen LogP contribution in [0.3, 0.4) is 0 Å². The Hall–Kier alpha value is -2.64. The number of carbonyl (C=O) groups excluding carboxylic acids is 1. The van der Waals surface area contributed by atoms with Crippen molar-refractivity contribution in [3.63, 3.8) is 0 Å². The Morgan fingerprint density at radius 1 is 1.04 bits per heavy atom. The van der Waals surface area contributed by atoms with E-state index in [1.807, 2.05) is 0 Å². The zero-order chi connectivity index (χ0) is 18.6. The molecule has 3 rings (SSSR count). The van der Waals surface area contributed by atoms with E-state index in [0.29, 0.717) is 0 Å². The van der Waals surface area contributed by atoms with E-state index in [4.69, 9.17) is 0 Å². The lowest BCUT2D eigenvalue weighted by molar-refractivity contribution is -0.137. The first-order valence-corrected chi connectivity index (χ1v) is 8.51. The van der Waals surface area contributed by atoms with Gasteiger partial charge >= 0.3 is 6.18 Å². The quantitative estimate of drug-likeness (QED) is 0.849. The van der Waals surface area contributed by atoms with Crippen LogP contribution in [0.5, 0.6) is 0 Å². The second-order valence-electron chi connectivity index (χ2n) is 6.32. The van der Waals surface area contributed by atoms with E-state index in [9.17, 15) is 18.0 Å². The minimum Gasteiger partial charge on any atom is -0.348 e. The Kier molecular flexibility index (Phi) is 5.39. The van der Waals surface area contributed by atoms with Gasteiger partial charge in [-0.2, -0.15) is 13.2 Å². The van der Waals surface area contributed by atoms with Crippen LogP contribution in [0, 0.1) is 0 Å². The summed E-state index contributed by atoms with van der Waals surface area (Å²) in [4.78, 5) is 12.2. The van der Waals surface area contributed by atoms with Crippen molar-refractivity contribution in [1.82, 2.24) is 15.5 Å². The molecule has 1 saturated carbocycles. The Balaban J connectivity index is 1.63. The Labute approximate surface area is 149 Å². The number of hydrogen-bond acceptors (Lipinski definition) is 4. The molecule has 0 unspecified atom stereocenters. The summed E-state index contributed by atoms with van der Waals surface area (Å²) in [6, 6.07) is 7.98. The molecule has 2 aromatic rings. The van der Waals surface area contributed by atoms with Crippen LogP contribution >= 0.6 is 0 Å². The van der Waals surface area contributed by atoms with E-state index in [1.165, 1.54) is 30.7 Å². The van der Waals surface area contributed by atoms with Crippen molar-refractivity contribution in [2.24, 2.45) is 0 Å². The number of nitrogens with zero attached hydrogens (tertiary/aromatic N) is 2. The Morgan fingerprint density at radius 3 is 2.46 bits per heavy atom. The lowest BCUT2D eigenvalue weighted by atomic mass is 9.95. The molecule has 1 aromatic carbocycles. The van der Waals surface area contributed by atoms with E-state index in [2.05, 4.69) is 20.8 Å². The number of alkyl halides is 3. The zero-order valence-corrected chi connectivity index (χ0v) is 14.0. The predicted octanol–water partition coefficient (Wildman–Crippen LogP) is 4.30. The molecule has 0 aliphatic heterocycles. The van der Waals surface area contributed by atoms with Crippen molar-refractivity contribution in [2.75, 3.05) is 5.32 Å². The van der Waals surface area contributed by atoms with Gasteiger partial charge in [-0.05, 0) is 43.2 Å². The van der Waals surface area contributed by atoms with Gasteiger partial charge < -0.3 is 10.6 Å². The third kappa shape index (κ3) is 4.71. The molecule has 5 nitrogen and oxygen atoms in total.